The highest BCUT2D eigenvalue weighted by molar-refractivity contribution is 4.73. The van der Waals surface area contributed by atoms with E-state index in [1.54, 1.807) is 0 Å². The topological polar surface area (TPSA) is 9.72 Å². The average molecular weight is 197 g/mol. The van der Waals surface area contributed by atoms with E-state index in [1.165, 1.54) is 63.9 Å². The van der Waals surface area contributed by atoms with Crippen LogP contribution in [0.3, 0.4) is 0 Å². The van der Waals surface area contributed by atoms with Crippen LogP contribution in [0.25, 0.3) is 0 Å². The van der Waals surface area contributed by atoms with E-state index in [0.717, 1.165) is 0 Å². The van der Waals surface area contributed by atoms with E-state index in [9.17, 15) is 0 Å². The number of quaternary nitrogens is 1. The van der Waals surface area contributed by atoms with Crippen LogP contribution in [0.2, 0.25) is 0 Å². The normalized spacial score (nSPS) is 49.9. The lowest BCUT2D eigenvalue weighted by Gasteiger charge is -2.60. The molecule has 0 unspecified atom stereocenters. The Kier molecular flexibility index (Phi) is 2.06. The zero-order valence-corrected chi connectivity index (χ0v) is 9.15. The second-order valence-corrected chi connectivity index (χ2v) is 5.28. The quantitative estimate of drug-likeness (QED) is 0.602. The fraction of sp³-hybridized carbons (Fsp3) is 1.00. The van der Waals surface area contributed by atoms with Crippen LogP contribution < -0.4 is 0 Å². The predicted octanol–water partition coefficient (Wildman–Crippen LogP) is 0.295. The van der Waals surface area contributed by atoms with Crippen LogP contribution in [0.5, 0.6) is 0 Å². The maximum absolute atomic E-state index is 2.59. The summed E-state index contributed by atoms with van der Waals surface area (Å²) in [4.78, 5) is 7.77. The SMILES string of the molecule is CCCC[N+]12CN3CN(CN(C3)C1)C2. The first-order valence-corrected chi connectivity index (χ1v) is 5.82. The monoisotopic (exact) mass is 197 g/mol. The average Bonchev–Trinajstić information content (AvgIpc) is 2.12. The van der Waals surface area contributed by atoms with Gasteiger partial charge in [-0.25, -0.2) is 14.7 Å². The Labute approximate surface area is 86.3 Å². The Hall–Kier alpha value is -0.160. The molecule has 4 aliphatic heterocycles. The van der Waals surface area contributed by atoms with Crippen molar-refractivity contribution in [3.63, 3.8) is 0 Å². The Morgan fingerprint density at radius 3 is 1.86 bits per heavy atom. The molecule has 0 aliphatic carbocycles. The van der Waals surface area contributed by atoms with Crippen molar-refractivity contribution < 1.29 is 4.48 Å². The van der Waals surface area contributed by atoms with Gasteiger partial charge in [-0.2, -0.15) is 0 Å². The first kappa shape index (κ1) is 9.09. The molecule has 0 aromatic carbocycles. The maximum Gasteiger partial charge on any atom is 0.139 e. The van der Waals surface area contributed by atoms with Gasteiger partial charge in [0.25, 0.3) is 0 Å². The molecule has 4 saturated heterocycles. The molecule has 0 radical (unpaired) electrons. The minimum Gasteiger partial charge on any atom is -0.286 e. The van der Waals surface area contributed by atoms with Gasteiger partial charge >= 0.3 is 0 Å². The van der Waals surface area contributed by atoms with E-state index in [4.69, 9.17) is 0 Å². The van der Waals surface area contributed by atoms with Crippen LogP contribution >= 0.6 is 0 Å². The molecule has 14 heavy (non-hydrogen) atoms. The molecule has 0 N–H and O–H groups in total. The third-order valence-corrected chi connectivity index (χ3v) is 3.69. The van der Waals surface area contributed by atoms with Crippen molar-refractivity contribution >= 4 is 0 Å². The van der Waals surface area contributed by atoms with Gasteiger partial charge in [0.2, 0.25) is 0 Å². The first-order chi connectivity index (χ1) is 6.80. The molecule has 4 bridgehead atoms. The number of nitrogens with zero attached hydrogens (tertiary/aromatic N) is 4. The van der Waals surface area contributed by atoms with Crippen molar-refractivity contribution in [3.05, 3.63) is 0 Å². The number of unbranched alkanes of at least 4 members (excludes halogenated alkanes) is 1. The summed E-state index contributed by atoms with van der Waals surface area (Å²) in [5, 5.41) is 0. The molecule has 0 aromatic heterocycles. The molecule has 4 heteroatoms. The minimum atomic E-state index is 1.21. The fourth-order valence-electron chi connectivity index (χ4n) is 3.36. The summed E-state index contributed by atoms with van der Waals surface area (Å²) in [5.74, 6) is 0. The van der Waals surface area contributed by atoms with Gasteiger partial charge in [-0.1, -0.05) is 13.3 Å². The molecule has 4 aliphatic rings. The van der Waals surface area contributed by atoms with Gasteiger partial charge in [-0.15, -0.1) is 0 Å². The highest BCUT2D eigenvalue weighted by atomic mass is 15.7. The Morgan fingerprint density at radius 2 is 1.43 bits per heavy atom. The van der Waals surface area contributed by atoms with E-state index >= 15 is 0 Å². The highest BCUT2D eigenvalue weighted by Gasteiger charge is 2.47. The van der Waals surface area contributed by atoms with E-state index in [0.29, 0.717) is 0 Å². The summed E-state index contributed by atoms with van der Waals surface area (Å²) in [6.07, 6.45) is 2.72. The zero-order chi connectivity index (χ0) is 9.60. The molecule has 0 spiro atoms. The third kappa shape index (κ3) is 1.37. The molecule has 80 valence electrons. The summed E-state index contributed by atoms with van der Waals surface area (Å²) in [6.45, 7) is 11.2. The number of hydrogen-bond acceptors (Lipinski definition) is 3. The van der Waals surface area contributed by atoms with Crippen LogP contribution in [0.1, 0.15) is 19.8 Å². The van der Waals surface area contributed by atoms with Crippen LogP contribution in [-0.4, -0.2) is 65.7 Å². The first-order valence-electron chi connectivity index (χ1n) is 5.82. The molecule has 0 atom stereocenters. The van der Waals surface area contributed by atoms with Crippen LogP contribution in [0.4, 0.5) is 0 Å². The molecule has 4 rings (SSSR count). The van der Waals surface area contributed by atoms with Crippen LogP contribution in [0.15, 0.2) is 0 Å². The summed E-state index contributed by atoms with van der Waals surface area (Å²) < 4.78 is 1.31. The molecule has 0 amide bonds. The molecule has 0 aromatic rings. The van der Waals surface area contributed by atoms with Crippen LogP contribution in [0, 0.1) is 0 Å². The molecular weight excluding hydrogens is 176 g/mol. The van der Waals surface area contributed by atoms with E-state index in [1.807, 2.05) is 0 Å². The number of hydrogen-bond donors (Lipinski definition) is 0. The summed E-state index contributed by atoms with van der Waals surface area (Å²) in [7, 11) is 0. The minimum absolute atomic E-state index is 1.21. The predicted molar refractivity (Wildman–Crippen MR) is 54.8 cm³/mol. The molecule has 4 nitrogen and oxygen atoms in total. The van der Waals surface area contributed by atoms with Gasteiger partial charge < -0.3 is 0 Å². The van der Waals surface area contributed by atoms with E-state index < -0.39 is 0 Å². The molecular formula is C10H21N4+. The smallest absolute Gasteiger partial charge is 0.139 e. The summed E-state index contributed by atoms with van der Waals surface area (Å²) >= 11 is 0. The van der Waals surface area contributed by atoms with Gasteiger partial charge in [0.1, 0.15) is 20.0 Å². The zero-order valence-electron chi connectivity index (χ0n) is 9.15. The molecule has 4 fully saturated rings. The number of rotatable bonds is 3. The van der Waals surface area contributed by atoms with Crippen molar-refractivity contribution in [1.82, 2.24) is 14.7 Å². The Bertz CT molecular complexity index is 193. The van der Waals surface area contributed by atoms with Crippen molar-refractivity contribution in [2.45, 2.75) is 19.8 Å². The largest absolute Gasteiger partial charge is 0.286 e. The third-order valence-electron chi connectivity index (χ3n) is 3.69. The Balaban J connectivity index is 1.74. The van der Waals surface area contributed by atoms with Gasteiger partial charge in [0, 0.05) is 0 Å². The summed E-state index contributed by atoms with van der Waals surface area (Å²) in [5.41, 5.74) is 0. The lowest BCUT2D eigenvalue weighted by molar-refractivity contribution is -0.980. The fourth-order valence-corrected chi connectivity index (χ4v) is 3.36. The van der Waals surface area contributed by atoms with Crippen molar-refractivity contribution in [2.24, 2.45) is 0 Å². The second kappa shape index (κ2) is 3.17. The van der Waals surface area contributed by atoms with Crippen molar-refractivity contribution in [2.75, 3.05) is 46.6 Å². The van der Waals surface area contributed by atoms with Crippen molar-refractivity contribution in [1.29, 1.82) is 0 Å². The van der Waals surface area contributed by atoms with Gasteiger partial charge in [0.05, 0.1) is 26.6 Å². The van der Waals surface area contributed by atoms with E-state index in [-0.39, 0.29) is 0 Å². The lowest BCUT2D eigenvalue weighted by atomic mass is 10.2. The maximum atomic E-state index is 2.59. The van der Waals surface area contributed by atoms with E-state index in [2.05, 4.69) is 21.6 Å². The Morgan fingerprint density at radius 1 is 0.929 bits per heavy atom. The second-order valence-electron chi connectivity index (χ2n) is 5.28. The van der Waals surface area contributed by atoms with Crippen molar-refractivity contribution in [3.8, 4) is 0 Å². The molecule has 4 heterocycles. The van der Waals surface area contributed by atoms with Gasteiger partial charge in [-0.3, -0.25) is 4.48 Å². The standard InChI is InChI=1S/C10H21N4/c1-2-3-4-14-8-11-5-12(9-14)7-13(6-11)10-14/h2-10H2,1H3/q+1. The van der Waals surface area contributed by atoms with Crippen LogP contribution in [-0.2, 0) is 0 Å². The van der Waals surface area contributed by atoms with Gasteiger partial charge in [-0.05, 0) is 6.42 Å². The van der Waals surface area contributed by atoms with Gasteiger partial charge in [0.15, 0.2) is 0 Å². The highest BCUT2D eigenvalue weighted by Crippen LogP contribution is 2.28. The summed E-state index contributed by atoms with van der Waals surface area (Å²) in [6, 6.07) is 0. The molecule has 0 saturated carbocycles. The lowest BCUT2D eigenvalue weighted by Crippen LogP contribution is -2.79.